The van der Waals surface area contributed by atoms with E-state index in [0.717, 1.165) is 16.9 Å². The van der Waals surface area contributed by atoms with E-state index in [4.69, 9.17) is 4.74 Å². The normalized spacial score (nSPS) is 9.32. The van der Waals surface area contributed by atoms with Gasteiger partial charge < -0.3 is 4.74 Å². The Morgan fingerprint density at radius 1 is 0.842 bits per heavy atom. The van der Waals surface area contributed by atoms with E-state index < -0.39 is 0 Å². The number of hydrogen-bond donors (Lipinski definition) is 0. The van der Waals surface area contributed by atoms with Gasteiger partial charge in [0, 0.05) is 16.7 Å². The van der Waals surface area contributed by atoms with Gasteiger partial charge in [-0.15, -0.1) is 0 Å². The van der Waals surface area contributed by atoms with Crippen molar-refractivity contribution in [2.24, 2.45) is 0 Å². The highest BCUT2D eigenvalue weighted by atomic mass is 16.5. The first kappa shape index (κ1) is 12.9. The molecule has 93 valence electrons. The molecular formula is C17H13O2. The first-order chi connectivity index (χ1) is 9.31. The van der Waals surface area contributed by atoms with Crippen molar-refractivity contribution in [2.45, 2.75) is 6.92 Å². The van der Waals surface area contributed by atoms with Crippen LogP contribution in [-0.2, 0) is 4.79 Å². The third-order valence-electron chi connectivity index (χ3n) is 2.52. The lowest BCUT2D eigenvalue weighted by molar-refractivity contribution is 0.340. The van der Waals surface area contributed by atoms with Crippen molar-refractivity contribution >= 4 is 6.29 Å². The molecule has 2 nitrogen and oxygen atoms in total. The molecule has 0 atom stereocenters. The molecule has 0 heterocycles. The maximum Gasteiger partial charge on any atom is 0.233 e. The maximum atomic E-state index is 10.4. The van der Waals surface area contributed by atoms with Crippen molar-refractivity contribution in [1.29, 1.82) is 0 Å². The predicted octanol–water partition coefficient (Wildman–Crippen LogP) is 2.94. The largest absolute Gasteiger partial charge is 0.494 e. The molecule has 0 aliphatic heterocycles. The summed E-state index contributed by atoms with van der Waals surface area (Å²) in [5.74, 6) is 6.95. The molecule has 2 aromatic carbocycles. The Labute approximate surface area is 113 Å². The first-order valence-corrected chi connectivity index (χ1v) is 6.05. The molecule has 2 aromatic rings. The van der Waals surface area contributed by atoms with Gasteiger partial charge in [-0.3, -0.25) is 4.79 Å². The van der Waals surface area contributed by atoms with Crippen molar-refractivity contribution < 1.29 is 9.53 Å². The molecule has 0 bridgehead atoms. The van der Waals surface area contributed by atoms with Gasteiger partial charge in [-0.05, 0) is 55.5 Å². The van der Waals surface area contributed by atoms with Crippen molar-refractivity contribution in [1.82, 2.24) is 0 Å². The molecule has 2 heteroatoms. The second kappa shape index (κ2) is 6.42. The highest BCUT2D eigenvalue weighted by Crippen LogP contribution is 2.11. The van der Waals surface area contributed by atoms with Gasteiger partial charge >= 0.3 is 0 Å². The topological polar surface area (TPSA) is 26.3 Å². The Hall–Kier alpha value is -2.53. The van der Waals surface area contributed by atoms with Crippen LogP contribution in [0.5, 0.6) is 5.75 Å². The van der Waals surface area contributed by atoms with E-state index >= 15 is 0 Å². The summed E-state index contributed by atoms with van der Waals surface area (Å²) in [5.41, 5.74) is 2.33. The molecule has 0 amide bonds. The van der Waals surface area contributed by atoms with Crippen LogP contribution in [-0.4, -0.2) is 12.9 Å². The van der Waals surface area contributed by atoms with Crippen molar-refractivity contribution in [2.75, 3.05) is 6.61 Å². The molecule has 0 saturated carbocycles. The molecule has 19 heavy (non-hydrogen) atoms. The second-order valence-corrected chi connectivity index (χ2v) is 3.89. The molecule has 1 radical (unpaired) electrons. The zero-order valence-electron chi connectivity index (χ0n) is 10.6. The van der Waals surface area contributed by atoms with Crippen molar-refractivity contribution in [3.05, 3.63) is 65.2 Å². The Balaban J connectivity index is 2.11. The Bertz CT molecular complexity index is 598. The van der Waals surface area contributed by atoms with Crippen LogP contribution in [0.15, 0.2) is 48.5 Å². The third kappa shape index (κ3) is 3.72. The predicted molar refractivity (Wildman–Crippen MR) is 74.8 cm³/mol. The number of rotatable bonds is 3. The maximum absolute atomic E-state index is 10.4. The summed E-state index contributed by atoms with van der Waals surface area (Å²) in [7, 11) is 0. The molecule has 0 aliphatic carbocycles. The third-order valence-corrected chi connectivity index (χ3v) is 2.52. The van der Waals surface area contributed by atoms with Crippen molar-refractivity contribution in [3.8, 4) is 17.6 Å². The van der Waals surface area contributed by atoms with Gasteiger partial charge in [-0.1, -0.05) is 11.8 Å². The standard InChI is InChI=1S/C17H13O2/c1-2-19-17-11-9-15(10-12-17)4-3-14-5-7-16(13-18)8-6-14/h5-12H,2H2,1H3. The average Bonchev–Trinajstić information content (AvgIpc) is 2.47. The average molecular weight is 249 g/mol. The summed E-state index contributed by atoms with van der Waals surface area (Å²) in [6, 6.07) is 14.7. The molecule has 0 N–H and O–H groups in total. The lowest BCUT2D eigenvalue weighted by Gasteiger charge is -2.01. The number of carbonyl (C=O) groups excluding carboxylic acids is 1. The smallest absolute Gasteiger partial charge is 0.233 e. The molecule has 0 aliphatic rings. The zero-order chi connectivity index (χ0) is 13.5. The highest BCUT2D eigenvalue weighted by Gasteiger charge is 1.92. The van der Waals surface area contributed by atoms with E-state index in [0.29, 0.717) is 12.2 Å². The van der Waals surface area contributed by atoms with Crippen LogP contribution >= 0.6 is 0 Å². The van der Waals surface area contributed by atoms with E-state index in [1.54, 1.807) is 12.1 Å². The van der Waals surface area contributed by atoms with E-state index in [1.807, 2.05) is 49.6 Å². The summed E-state index contributed by atoms with van der Waals surface area (Å²) < 4.78 is 5.36. The minimum absolute atomic E-state index is 0.534. The lowest BCUT2D eigenvalue weighted by Crippen LogP contribution is -1.90. The quantitative estimate of drug-likeness (QED) is 0.782. The van der Waals surface area contributed by atoms with E-state index in [9.17, 15) is 4.79 Å². The SMILES string of the molecule is CCOc1ccc(C#Cc2ccc([C]=O)cc2)cc1. The van der Waals surface area contributed by atoms with Gasteiger partial charge in [0.25, 0.3) is 0 Å². The van der Waals surface area contributed by atoms with Crippen LogP contribution in [0.4, 0.5) is 0 Å². The van der Waals surface area contributed by atoms with Crippen LogP contribution in [0.25, 0.3) is 0 Å². The summed E-state index contributed by atoms with van der Waals surface area (Å²) in [4.78, 5) is 10.4. The minimum Gasteiger partial charge on any atom is -0.494 e. The molecule has 0 unspecified atom stereocenters. The molecule has 0 aromatic heterocycles. The van der Waals surface area contributed by atoms with Crippen LogP contribution in [0, 0.1) is 11.8 Å². The number of benzene rings is 2. The summed E-state index contributed by atoms with van der Waals surface area (Å²) in [5, 5.41) is 0. The van der Waals surface area contributed by atoms with E-state index in [1.165, 1.54) is 0 Å². The van der Waals surface area contributed by atoms with Gasteiger partial charge in [-0.25, -0.2) is 0 Å². The molecule has 0 spiro atoms. The fourth-order valence-corrected chi connectivity index (χ4v) is 1.57. The summed E-state index contributed by atoms with van der Waals surface area (Å²) >= 11 is 0. The van der Waals surface area contributed by atoms with Gasteiger partial charge in [-0.2, -0.15) is 0 Å². The lowest BCUT2D eigenvalue weighted by atomic mass is 10.1. The van der Waals surface area contributed by atoms with Gasteiger partial charge in [0.2, 0.25) is 6.29 Å². The Morgan fingerprint density at radius 3 is 1.79 bits per heavy atom. The summed E-state index contributed by atoms with van der Waals surface area (Å²) in [6.07, 6.45) is 1.83. The minimum atomic E-state index is 0.534. The van der Waals surface area contributed by atoms with Crippen LogP contribution in [0.3, 0.4) is 0 Å². The fraction of sp³-hybridized carbons (Fsp3) is 0.118. The van der Waals surface area contributed by atoms with E-state index in [2.05, 4.69) is 11.8 Å². The summed E-state index contributed by atoms with van der Waals surface area (Å²) in [6.45, 7) is 2.61. The Kier molecular flexibility index (Phi) is 4.36. The van der Waals surface area contributed by atoms with Gasteiger partial charge in [0.15, 0.2) is 0 Å². The first-order valence-electron chi connectivity index (χ1n) is 6.05. The highest BCUT2D eigenvalue weighted by molar-refractivity contribution is 5.75. The number of hydrogen-bond acceptors (Lipinski definition) is 2. The van der Waals surface area contributed by atoms with Gasteiger partial charge in [0.05, 0.1) is 6.61 Å². The number of ether oxygens (including phenoxy) is 1. The van der Waals surface area contributed by atoms with Gasteiger partial charge in [0.1, 0.15) is 5.75 Å². The molecular weight excluding hydrogens is 236 g/mol. The molecule has 0 saturated heterocycles. The van der Waals surface area contributed by atoms with E-state index in [-0.39, 0.29) is 0 Å². The Morgan fingerprint density at radius 2 is 1.32 bits per heavy atom. The molecule has 2 rings (SSSR count). The second-order valence-electron chi connectivity index (χ2n) is 3.89. The fourth-order valence-electron chi connectivity index (χ4n) is 1.57. The van der Waals surface area contributed by atoms with Crippen LogP contribution in [0.1, 0.15) is 23.6 Å². The molecule has 0 fully saturated rings. The van der Waals surface area contributed by atoms with Crippen LogP contribution in [0.2, 0.25) is 0 Å². The monoisotopic (exact) mass is 249 g/mol. The van der Waals surface area contributed by atoms with Crippen molar-refractivity contribution in [3.63, 3.8) is 0 Å². The van der Waals surface area contributed by atoms with Crippen LogP contribution < -0.4 is 4.74 Å². The zero-order valence-corrected chi connectivity index (χ0v) is 10.6.